The molecule has 1 saturated heterocycles. The maximum absolute atomic E-state index is 9.40. The monoisotopic (exact) mass is 312 g/mol. The van der Waals surface area contributed by atoms with Gasteiger partial charge in [0.2, 0.25) is 0 Å². The summed E-state index contributed by atoms with van der Waals surface area (Å²) in [5.74, 6) is 0. The molecule has 0 aliphatic carbocycles. The molecule has 18 heavy (non-hydrogen) atoms. The molecule has 1 aromatic rings. The van der Waals surface area contributed by atoms with Gasteiger partial charge >= 0.3 is 0 Å². The highest BCUT2D eigenvalue weighted by Crippen LogP contribution is 2.33. The van der Waals surface area contributed by atoms with Crippen LogP contribution in [0.5, 0.6) is 0 Å². The molecule has 2 unspecified atom stereocenters. The van der Waals surface area contributed by atoms with Crippen LogP contribution >= 0.6 is 15.9 Å². The van der Waals surface area contributed by atoms with Gasteiger partial charge in [-0.05, 0) is 60.4 Å². The molecule has 2 N–H and O–H groups in total. The van der Waals surface area contributed by atoms with Gasteiger partial charge in [-0.1, -0.05) is 6.07 Å². The number of benzene rings is 1. The first kappa shape index (κ1) is 13.8. The standard InChI is InChI=1S/C14H21BrN2O/c1-10(16-2)11-5-6-14(13(15)8-11)17-7-3-4-12(17)9-18/h5-6,8,10,12,16,18H,3-4,7,9H2,1-2H3. The van der Waals surface area contributed by atoms with E-state index in [0.717, 1.165) is 23.9 Å². The summed E-state index contributed by atoms with van der Waals surface area (Å²) in [5, 5.41) is 12.6. The van der Waals surface area contributed by atoms with Crippen LogP contribution in [0, 0.1) is 0 Å². The van der Waals surface area contributed by atoms with Crippen molar-refractivity contribution in [3.05, 3.63) is 28.2 Å². The largest absolute Gasteiger partial charge is 0.394 e. The van der Waals surface area contributed by atoms with E-state index in [1.54, 1.807) is 0 Å². The van der Waals surface area contributed by atoms with Gasteiger partial charge in [-0.25, -0.2) is 0 Å². The molecule has 0 amide bonds. The second-order valence-electron chi connectivity index (χ2n) is 4.89. The van der Waals surface area contributed by atoms with E-state index in [0.29, 0.717) is 6.04 Å². The van der Waals surface area contributed by atoms with Crippen LogP contribution in [0.25, 0.3) is 0 Å². The van der Waals surface area contributed by atoms with Crippen LogP contribution in [0.3, 0.4) is 0 Å². The summed E-state index contributed by atoms with van der Waals surface area (Å²) in [6.07, 6.45) is 2.24. The summed E-state index contributed by atoms with van der Waals surface area (Å²) < 4.78 is 1.11. The minimum absolute atomic E-state index is 0.237. The number of nitrogens with one attached hydrogen (secondary N) is 1. The average Bonchev–Trinajstić information content (AvgIpc) is 2.85. The van der Waals surface area contributed by atoms with E-state index in [9.17, 15) is 5.11 Å². The number of aliphatic hydroxyl groups excluding tert-OH is 1. The molecular formula is C14H21BrN2O. The summed E-state index contributed by atoms with van der Waals surface area (Å²) in [6.45, 7) is 3.42. The predicted octanol–water partition coefficient (Wildman–Crippen LogP) is 2.69. The van der Waals surface area contributed by atoms with E-state index in [1.807, 2.05) is 7.05 Å². The van der Waals surface area contributed by atoms with Gasteiger partial charge in [0.15, 0.2) is 0 Å². The maximum atomic E-state index is 9.40. The molecule has 1 aliphatic rings. The van der Waals surface area contributed by atoms with Crippen LogP contribution < -0.4 is 10.2 Å². The number of anilines is 1. The molecule has 1 fully saturated rings. The van der Waals surface area contributed by atoms with Crippen molar-refractivity contribution >= 4 is 21.6 Å². The van der Waals surface area contributed by atoms with Gasteiger partial charge in [0, 0.05) is 17.1 Å². The Kier molecular flexibility index (Phi) is 4.65. The SMILES string of the molecule is CNC(C)c1ccc(N2CCCC2CO)c(Br)c1. The van der Waals surface area contributed by atoms with Crippen molar-refractivity contribution in [1.29, 1.82) is 0 Å². The molecule has 2 atom stereocenters. The third kappa shape index (κ3) is 2.71. The third-order valence-electron chi connectivity index (χ3n) is 3.80. The lowest BCUT2D eigenvalue weighted by molar-refractivity contribution is 0.266. The Morgan fingerprint density at radius 2 is 2.33 bits per heavy atom. The first-order chi connectivity index (χ1) is 8.67. The van der Waals surface area contributed by atoms with Gasteiger partial charge < -0.3 is 15.3 Å². The maximum Gasteiger partial charge on any atom is 0.0635 e. The van der Waals surface area contributed by atoms with Crippen LogP contribution in [0.1, 0.15) is 31.4 Å². The van der Waals surface area contributed by atoms with E-state index in [-0.39, 0.29) is 12.6 Å². The Labute approximate surface area is 117 Å². The molecule has 100 valence electrons. The number of nitrogens with zero attached hydrogens (tertiary/aromatic N) is 1. The number of aliphatic hydroxyl groups is 1. The van der Waals surface area contributed by atoms with Gasteiger partial charge in [-0.2, -0.15) is 0 Å². The third-order valence-corrected chi connectivity index (χ3v) is 4.44. The molecule has 0 aromatic heterocycles. The highest BCUT2D eigenvalue weighted by molar-refractivity contribution is 9.10. The fourth-order valence-corrected chi connectivity index (χ4v) is 3.16. The number of hydrogen-bond acceptors (Lipinski definition) is 3. The molecule has 1 heterocycles. The summed E-state index contributed by atoms with van der Waals surface area (Å²) >= 11 is 3.66. The molecule has 0 radical (unpaired) electrons. The minimum atomic E-state index is 0.237. The number of rotatable bonds is 4. The van der Waals surface area contributed by atoms with Gasteiger partial charge in [0.05, 0.1) is 18.3 Å². The Hall–Kier alpha value is -0.580. The Bertz CT molecular complexity index is 411. The molecule has 4 heteroatoms. The summed E-state index contributed by atoms with van der Waals surface area (Å²) in [4.78, 5) is 2.30. The van der Waals surface area contributed by atoms with Crippen molar-refractivity contribution in [2.45, 2.75) is 31.8 Å². The fraction of sp³-hybridized carbons (Fsp3) is 0.571. The molecule has 0 bridgehead atoms. The van der Waals surface area contributed by atoms with Crippen molar-refractivity contribution < 1.29 is 5.11 Å². The van der Waals surface area contributed by atoms with Gasteiger partial charge in [-0.3, -0.25) is 0 Å². The van der Waals surface area contributed by atoms with Crippen molar-refractivity contribution in [2.75, 3.05) is 25.1 Å². The van der Waals surface area contributed by atoms with E-state index in [2.05, 4.69) is 51.3 Å². The lowest BCUT2D eigenvalue weighted by Gasteiger charge is -2.27. The highest BCUT2D eigenvalue weighted by atomic mass is 79.9. The normalized spacial score (nSPS) is 21.3. The fourth-order valence-electron chi connectivity index (χ4n) is 2.53. The van der Waals surface area contributed by atoms with Crippen molar-refractivity contribution in [2.24, 2.45) is 0 Å². The lowest BCUT2D eigenvalue weighted by Crippen LogP contribution is -2.32. The molecular weight excluding hydrogens is 292 g/mol. The van der Waals surface area contributed by atoms with E-state index < -0.39 is 0 Å². The Morgan fingerprint density at radius 1 is 1.56 bits per heavy atom. The molecule has 3 nitrogen and oxygen atoms in total. The van der Waals surface area contributed by atoms with Gasteiger partial charge in [0.1, 0.15) is 0 Å². The van der Waals surface area contributed by atoms with E-state index in [1.165, 1.54) is 11.3 Å². The van der Waals surface area contributed by atoms with E-state index in [4.69, 9.17) is 0 Å². The van der Waals surface area contributed by atoms with Crippen molar-refractivity contribution in [3.8, 4) is 0 Å². The molecule has 1 aromatic carbocycles. The highest BCUT2D eigenvalue weighted by Gasteiger charge is 2.25. The second-order valence-corrected chi connectivity index (χ2v) is 5.75. The number of halogens is 1. The average molecular weight is 313 g/mol. The first-order valence-electron chi connectivity index (χ1n) is 6.51. The lowest BCUT2D eigenvalue weighted by atomic mass is 10.1. The molecule has 0 saturated carbocycles. The van der Waals surface area contributed by atoms with Gasteiger partial charge in [-0.15, -0.1) is 0 Å². The van der Waals surface area contributed by atoms with Crippen LogP contribution in [-0.4, -0.2) is 31.3 Å². The molecule has 0 spiro atoms. The molecule has 1 aliphatic heterocycles. The zero-order valence-corrected chi connectivity index (χ0v) is 12.6. The summed E-state index contributed by atoms with van der Waals surface area (Å²) in [5.41, 5.74) is 2.46. The van der Waals surface area contributed by atoms with Crippen LogP contribution in [0.4, 0.5) is 5.69 Å². The summed E-state index contributed by atoms with van der Waals surface area (Å²) in [7, 11) is 1.97. The Morgan fingerprint density at radius 3 is 2.94 bits per heavy atom. The van der Waals surface area contributed by atoms with Crippen molar-refractivity contribution in [3.63, 3.8) is 0 Å². The number of hydrogen-bond donors (Lipinski definition) is 2. The van der Waals surface area contributed by atoms with Crippen LogP contribution in [0.2, 0.25) is 0 Å². The predicted molar refractivity (Wildman–Crippen MR) is 79.1 cm³/mol. The summed E-state index contributed by atoms with van der Waals surface area (Å²) in [6, 6.07) is 7.11. The minimum Gasteiger partial charge on any atom is -0.394 e. The van der Waals surface area contributed by atoms with Crippen LogP contribution in [-0.2, 0) is 0 Å². The Balaban J connectivity index is 2.24. The topological polar surface area (TPSA) is 35.5 Å². The van der Waals surface area contributed by atoms with Gasteiger partial charge in [0.25, 0.3) is 0 Å². The van der Waals surface area contributed by atoms with E-state index >= 15 is 0 Å². The first-order valence-corrected chi connectivity index (χ1v) is 7.31. The molecule has 2 rings (SSSR count). The van der Waals surface area contributed by atoms with Crippen molar-refractivity contribution in [1.82, 2.24) is 5.32 Å². The smallest absolute Gasteiger partial charge is 0.0635 e. The zero-order chi connectivity index (χ0) is 13.1. The second kappa shape index (κ2) is 6.04. The van der Waals surface area contributed by atoms with Crippen LogP contribution in [0.15, 0.2) is 22.7 Å². The zero-order valence-electron chi connectivity index (χ0n) is 11.0. The quantitative estimate of drug-likeness (QED) is 0.897.